The molecule has 0 aliphatic rings. The lowest BCUT2D eigenvalue weighted by Crippen LogP contribution is -2.29. The molecular formula is C18H28F2N4O7. The standard InChI is InChI=1S/C9H9FO3.C7H7FN2O2.C2H6O.H4N2.H2O/c1-2-13-9(12)6-3-4-8(11)7(10)5-6;8-5-3-4(7(12)10-9)1-2-6(5)11;1-2-3;1-2;/h3-5,11H,2H2,1H3;1-3,11H,9H2,(H,10,12);3H,2H2,1H3;1-2H2;1H2. The Morgan fingerprint density at radius 3 is 1.71 bits per heavy atom. The zero-order chi connectivity index (χ0) is 23.7. The maximum atomic E-state index is 12.7. The minimum Gasteiger partial charge on any atom is -0.505 e. The third-order valence-electron chi connectivity index (χ3n) is 2.80. The fraction of sp³-hybridized carbons (Fsp3) is 0.222. The molecule has 0 aliphatic heterocycles. The number of aromatic hydroxyl groups is 2. The van der Waals surface area contributed by atoms with Crippen LogP contribution in [-0.4, -0.2) is 45.9 Å². The number of hydrogen-bond donors (Lipinski definition) is 7. The van der Waals surface area contributed by atoms with Crippen molar-refractivity contribution in [1.29, 1.82) is 0 Å². The van der Waals surface area contributed by atoms with Gasteiger partial charge in [0.15, 0.2) is 23.1 Å². The van der Waals surface area contributed by atoms with Gasteiger partial charge >= 0.3 is 5.97 Å². The molecule has 0 bridgehead atoms. The quantitative estimate of drug-likeness (QED) is 0.142. The van der Waals surface area contributed by atoms with E-state index in [1.54, 1.807) is 13.8 Å². The van der Waals surface area contributed by atoms with E-state index < -0.39 is 35.0 Å². The van der Waals surface area contributed by atoms with E-state index in [0.29, 0.717) is 0 Å². The van der Waals surface area contributed by atoms with Crippen LogP contribution in [0.25, 0.3) is 0 Å². The number of amides is 1. The lowest BCUT2D eigenvalue weighted by Gasteiger charge is -2.01. The van der Waals surface area contributed by atoms with E-state index in [2.05, 4.69) is 16.4 Å². The third kappa shape index (κ3) is 12.7. The van der Waals surface area contributed by atoms with Crippen molar-refractivity contribution in [2.75, 3.05) is 13.2 Å². The fourth-order valence-electron chi connectivity index (χ4n) is 1.58. The monoisotopic (exact) mass is 450 g/mol. The molecule has 0 atom stereocenters. The van der Waals surface area contributed by atoms with Crippen molar-refractivity contribution in [2.24, 2.45) is 17.5 Å². The molecule has 11 nitrogen and oxygen atoms in total. The van der Waals surface area contributed by atoms with Gasteiger partial charge in [0.05, 0.1) is 12.2 Å². The molecular weight excluding hydrogens is 422 g/mol. The Morgan fingerprint density at radius 2 is 1.35 bits per heavy atom. The molecule has 0 aromatic heterocycles. The minimum atomic E-state index is -0.851. The Kier molecular flexibility index (Phi) is 19.4. The lowest BCUT2D eigenvalue weighted by molar-refractivity contribution is 0.0525. The number of carbonyl (C=O) groups excluding carboxylic acids is 2. The highest BCUT2D eigenvalue weighted by atomic mass is 19.1. The molecule has 0 fully saturated rings. The summed E-state index contributed by atoms with van der Waals surface area (Å²) in [6.45, 7) is 3.83. The first-order valence-corrected chi connectivity index (χ1v) is 8.30. The van der Waals surface area contributed by atoms with Gasteiger partial charge in [0.2, 0.25) is 0 Å². The van der Waals surface area contributed by atoms with Gasteiger partial charge in [-0.25, -0.2) is 19.4 Å². The van der Waals surface area contributed by atoms with Crippen LogP contribution in [0.3, 0.4) is 0 Å². The number of esters is 1. The van der Waals surface area contributed by atoms with E-state index in [9.17, 15) is 18.4 Å². The van der Waals surface area contributed by atoms with E-state index in [1.165, 1.54) is 12.1 Å². The molecule has 0 heterocycles. The summed E-state index contributed by atoms with van der Waals surface area (Å²) in [7, 11) is 0. The van der Waals surface area contributed by atoms with Crippen LogP contribution < -0.4 is 23.0 Å². The van der Waals surface area contributed by atoms with E-state index in [4.69, 9.17) is 21.2 Å². The number of aliphatic hydroxyl groups excluding tert-OH is 1. The number of benzene rings is 2. The number of phenols is 2. The van der Waals surface area contributed by atoms with Crippen LogP contribution in [0.5, 0.6) is 11.5 Å². The smallest absolute Gasteiger partial charge is 0.338 e. The number of nitrogens with two attached hydrogens (primary N) is 3. The van der Waals surface area contributed by atoms with E-state index >= 15 is 0 Å². The summed E-state index contributed by atoms with van der Waals surface area (Å²) in [6, 6.07) is 6.60. The summed E-state index contributed by atoms with van der Waals surface area (Å²) in [4.78, 5) is 21.8. The zero-order valence-electron chi connectivity index (χ0n) is 16.9. The molecule has 0 aliphatic carbocycles. The van der Waals surface area contributed by atoms with Gasteiger partial charge in [0.1, 0.15) is 0 Å². The van der Waals surface area contributed by atoms with Crippen molar-refractivity contribution < 1.29 is 43.9 Å². The van der Waals surface area contributed by atoms with Crippen LogP contribution in [0, 0.1) is 11.6 Å². The normalized spacial score (nSPS) is 8.52. The van der Waals surface area contributed by atoms with Gasteiger partial charge in [-0.1, -0.05) is 0 Å². The number of nitrogens with one attached hydrogen (secondary N) is 1. The molecule has 1 amide bonds. The van der Waals surface area contributed by atoms with Crippen molar-refractivity contribution >= 4 is 11.9 Å². The minimum absolute atomic E-state index is 0. The molecule has 0 unspecified atom stereocenters. The topological polar surface area (TPSA) is 226 Å². The molecule has 176 valence electrons. The number of phenolic OH excluding ortho intramolecular Hbond substituents is 2. The van der Waals surface area contributed by atoms with Crippen molar-refractivity contribution in [3.63, 3.8) is 0 Å². The van der Waals surface area contributed by atoms with Gasteiger partial charge in [0.25, 0.3) is 5.91 Å². The van der Waals surface area contributed by atoms with E-state index in [-0.39, 0.29) is 29.8 Å². The van der Waals surface area contributed by atoms with Crippen molar-refractivity contribution in [1.82, 2.24) is 5.43 Å². The number of aliphatic hydroxyl groups is 1. The SMILES string of the molecule is CCO.CCOC(=O)c1ccc(O)c(F)c1.NN.NNC(=O)c1ccc(O)c(F)c1.O. The summed E-state index contributed by atoms with van der Waals surface area (Å²) in [6.07, 6.45) is 0. The number of ether oxygens (including phenoxy) is 1. The number of rotatable bonds is 3. The first-order valence-electron chi connectivity index (χ1n) is 8.30. The van der Waals surface area contributed by atoms with Crippen molar-refractivity contribution in [3.05, 3.63) is 59.2 Å². The Hall–Kier alpha value is -3.36. The highest BCUT2D eigenvalue weighted by molar-refractivity contribution is 5.93. The summed E-state index contributed by atoms with van der Waals surface area (Å²) < 4.78 is 30.0. The Morgan fingerprint density at radius 1 is 0.968 bits per heavy atom. The third-order valence-corrected chi connectivity index (χ3v) is 2.80. The number of nitrogen functional groups attached to an aromatic ring is 1. The highest BCUT2D eigenvalue weighted by Gasteiger charge is 2.09. The summed E-state index contributed by atoms with van der Waals surface area (Å²) in [5, 5.41) is 25.2. The van der Waals surface area contributed by atoms with Crippen molar-refractivity contribution in [3.8, 4) is 11.5 Å². The summed E-state index contributed by atoms with van der Waals surface area (Å²) in [5.41, 5.74) is 2.00. The second-order valence-electron chi connectivity index (χ2n) is 4.84. The van der Waals surface area contributed by atoms with Crippen LogP contribution in [0.2, 0.25) is 0 Å². The number of halogens is 2. The predicted molar refractivity (Wildman–Crippen MR) is 108 cm³/mol. The van der Waals surface area contributed by atoms with Gasteiger partial charge < -0.3 is 25.5 Å². The second kappa shape index (κ2) is 18.7. The molecule has 0 spiro atoms. The summed E-state index contributed by atoms with van der Waals surface area (Å²) in [5.74, 6) is 8.95. The van der Waals surface area contributed by atoms with Gasteiger partial charge in [-0.2, -0.15) is 0 Å². The zero-order valence-corrected chi connectivity index (χ0v) is 16.9. The first kappa shape index (κ1) is 32.3. The largest absolute Gasteiger partial charge is 0.505 e. The van der Waals surface area contributed by atoms with Crippen LogP contribution in [-0.2, 0) is 4.74 Å². The molecule has 0 radical (unpaired) electrons. The number of hydrazine groups is 2. The molecule has 2 aromatic carbocycles. The molecule has 12 N–H and O–H groups in total. The van der Waals surface area contributed by atoms with E-state index in [0.717, 1.165) is 24.3 Å². The highest BCUT2D eigenvalue weighted by Crippen LogP contribution is 2.17. The summed E-state index contributed by atoms with van der Waals surface area (Å²) >= 11 is 0. The molecule has 0 saturated heterocycles. The maximum Gasteiger partial charge on any atom is 0.338 e. The second-order valence-corrected chi connectivity index (χ2v) is 4.84. The Balaban J connectivity index is -0.000000409. The Labute approximate surface area is 177 Å². The molecule has 13 heteroatoms. The fourth-order valence-corrected chi connectivity index (χ4v) is 1.58. The molecule has 0 saturated carbocycles. The Bertz CT molecular complexity index is 795. The average Bonchev–Trinajstić information content (AvgIpc) is 2.74. The van der Waals surface area contributed by atoms with Gasteiger partial charge in [0, 0.05) is 12.2 Å². The van der Waals surface area contributed by atoms with Crippen LogP contribution in [0.4, 0.5) is 8.78 Å². The van der Waals surface area contributed by atoms with Gasteiger partial charge in [-0.3, -0.25) is 21.9 Å². The first-order chi connectivity index (χ1) is 14.2. The van der Waals surface area contributed by atoms with Crippen molar-refractivity contribution in [2.45, 2.75) is 13.8 Å². The average molecular weight is 450 g/mol. The van der Waals surface area contributed by atoms with E-state index in [1.807, 2.05) is 5.43 Å². The van der Waals surface area contributed by atoms with Crippen LogP contribution >= 0.6 is 0 Å². The van der Waals surface area contributed by atoms with Crippen LogP contribution in [0.1, 0.15) is 34.6 Å². The van der Waals surface area contributed by atoms with Gasteiger partial charge in [-0.05, 0) is 50.2 Å². The molecule has 2 rings (SSSR count). The molecule has 2 aromatic rings. The maximum absolute atomic E-state index is 12.7. The molecule has 31 heavy (non-hydrogen) atoms. The van der Waals surface area contributed by atoms with Gasteiger partial charge in [-0.15, -0.1) is 0 Å². The number of hydrogen-bond acceptors (Lipinski definition) is 9. The predicted octanol–water partition coefficient (Wildman–Crippen LogP) is -0.164. The number of carbonyl (C=O) groups is 2. The lowest BCUT2D eigenvalue weighted by atomic mass is 10.2. The van der Waals surface area contributed by atoms with Crippen LogP contribution in [0.15, 0.2) is 36.4 Å².